The molecule has 3 aromatic rings. The van der Waals surface area contributed by atoms with Crippen LogP contribution in [0.15, 0.2) is 72.8 Å². The molecule has 0 aliphatic heterocycles. The van der Waals surface area contributed by atoms with E-state index in [1.807, 2.05) is 0 Å². The van der Waals surface area contributed by atoms with E-state index in [1.54, 1.807) is 72.8 Å². The monoisotopic (exact) mass is 350 g/mol. The van der Waals surface area contributed by atoms with Crippen LogP contribution in [0.4, 0.5) is 4.11 Å². The van der Waals surface area contributed by atoms with Gasteiger partial charge in [-0.15, -0.1) is 19.3 Å². The standard InChI is InChI=1S/C24H15FSi/c1-4-19-13-7-10-16-22(19)26(25,23-17-11-8-14-20(23)5-2)24-18-12-9-15-21(24)6-3/h1-3,7-18H. The maximum Gasteiger partial charge on any atom is 0.343 e. The highest BCUT2D eigenvalue weighted by Crippen LogP contribution is 2.15. The van der Waals surface area contributed by atoms with Crippen molar-refractivity contribution in [1.29, 1.82) is 0 Å². The van der Waals surface area contributed by atoms with Crippen molar-refractivity contribution in [2.45, 2.75) is 0 Å². The number of benzene rings is 3. The van der Waals surface area contributed by atoms with Crippen LogP contribution in [0.25, 0.3) is 0 Å². The first-order valence-corrected chi connectivity index (χ1v) is 9.92. The van der Waals surface area contributed by atoms with Crippen LogP contribution in [-0.4, -0.2) is 8.41 Å². The minimum Gasteiger partial charge on any atom is -0.296 e. The lowest BCUT2D eigenvalue weighted by atomic mass is 10.2. The van der Waals surface area contributed by atoms with Crippen LogP contribution in [0.5, 0.6) is 0 Å². The zero-order chi connectivity index (χ0) is 18.6. The van der Waals surface area contributed by atoms with Gasteiger partial charge in [-0.3, -0.25) is 4.11 Å². The Morgan fingerprint density at radius 2 is 0.808 bits per heavy atom. The molecule has 0 spiro atoms. The van der Waals surface area contributed by atoms with Crippen LogP contribution >= 0.6 is 0 Å². The molecule has 0 aliphatic carbocycles. The SMILES string of the molecule is C#Cc1ccccc1[Si](F)(c1ccccc1C#C)c1ccccc1C#C. The molecule has 122 valence electrons. The molecule has 0 atom stereocenters. The summed E-state index contributed by atoms with van der Waals surface area (Å²) in [6.45, 7) is 0. The molecule has 0 saturated carbocycles. The molecular formula is C24H15FSi. The smallest absolute Gasteiger partial charge is 0.296 e. The highest BCUT2D eigenvalue weighted by Gasteiger charge is 2.45. The van der Waals surface area contributed by atoms with E-state index in [9.17, 15) is 0 Å². The Kier molecular flexibility index (Phi) is 4.77. The van der Waals surface area contributed by atoms with E-state index in [0.717, 1.165) is 0 Å². The molecule has 0 saturated heterocycles. The number of halogens is 1. The van der Waals surface area contributed by atoms with E-state index in [4.69, 9.17) is 19.3 Å². The van der Waals surface area contributed by atoms with E-state index < -0.39 is 8.41 Å². The number of hydrogen-bond acceptors (Lipinski definition) is 0. The summed E-state index contributed by atoms with van der Waals surface area (Å²) < 4.78 is 17.2. The molecular weight excluding hydrogens is 335 g/mol. The lowest BCUT2D eigenvalue weighted by Gasteiger charge is -2.27. The van der Waals surface area contributed by atoms with Gasteiger partial charge in [-0.2, -0.15) is 0 Å². The number of terminal acetylenes is 3. The van der Waals surface area contributed by atoms with Gasteiger partial charge >= 0.3 is 8.41 Å². The third-order valence-electron chi connectivity index (χ3n) is 4.36. The maximum absolute atomic E-state index is 17.2. The van der Waals surface area contributed by atoms with E-state index in [2.05, 4.69) is 17.8 Å². The fraction of sp³-hybridized carbons (Fsp3) is 0. The Morgan fingerprint density at radius 1 is 0.538 bits per heavy atom. The summed E-state index contributed by atoms with van der Waals surface area (Å²) in [4.78, 5) is 0. The Bertz CT molecular complexity index is 950. The van der Waals surface area contributed by atoms with E-state index in [1.165, 1.54) is 0 Å². The molecule has 0 unspecified atom stereocenters. The van der Waals surface area contributed by atoms with Gasteiger partial charge in [-0.1, -0.05) is 72.4 Å². The van der Waals surface area contributed by atoms with Crippen LogP contribution in [0.3, 0.4) is 0 Å². The van der Waals surface area contributed by atoms with Crippen molar-refractivity contribution >= 4 is 24.0 Å². The summed E-state index contributed by atoms with van der Waals surface area (Å²) >= 11 is 0. The van der Waals surface area contributed by atoms with Crippen molar-refractivity contribution in [2.75, 3.05) is 0 Å². The molecule has 2 heteroatoms. The highest BCUT2D eigenvalue weighted by atomic mass is 28.4. The molecule has 3 aromatic carbocycles. The molecule has 0 aromatic heterocycles. The topological polar surface area (TPSA) is 0 Å². The summed E-state index contributed by atoms with van der Waals surface area (Å²) in [5, 5.41) is 1.44. The molecule has 0 fully saturated rings. The maximum atomic E-state index is 17.2. The molecule has 0 aliphatic rings. The third kappa shape index (κ3) is 2.72. The Hall–Kier alpha value is -3.51. The van der Waals surface area contributed by atoms with Gasteiger partial charge in [0.25, 0.3) is 0 Å². The van der Waals surface area contributed by atoms with Crippen molar-refractivity contribution in [2.24, 2.45) is 0 Å². The predicted molar refractivity (Wildman–Crippen MR) is 109 cm³/mol. The Balaban J connectivity index is 2.47. The predicted octanol–water partition coefficient (Wildman–Crippen LogP) is 2.57. The fourth-order valence-electron chi connectivity index (χ4n) is 3.16. The first-order chi connectivity index (χ1) is 12.7. The second-order valence-electron chi connectivity index (χ2n) is 5.73. The van der Waals surface area contributed by atoms with Gasteiger partial charge in [0.05, 0.1) is 0 Å². The van der Waals surface area contributed by atoms with Gasteiger partial charge in [0.15, 0.2) is 0 Å². The zero-order valence-corrected chi connectivity index (χ0v) is 15.0. The Labute approximate surface area is 154 Å². The minimum absolute atomic E-state index is 0.480. The van der Waals surface area contributed by atoms with Crippen molar-refractivity contribution in [3.05, 3.63) is 89.5 Å². The molecule has 26 heavy (non-hydrogen) atoms. The quantitative estimate of drug-likeness (QED) is 0.295. The van der Waals surface area contributed by atoms with Gasteiger partial charge in [0.2, 0.25) is 0 Å². The van der Waals surface area contributed by atoms with Crippen molar-refractivity contribution < 1.29 is 4.11 Å². The van der Waals surface area contributed by atoms with E-state index >= 15 is 4.11 Å². The first kappa shape index (κ1) is 17.3. The van der Waals surface area contributed by atoms with Crippen LogP contribution in [-0.2, 0) is 0 Å². The molecule has 0 bridgehead atoms. The second-order valence-corrected chi connectivity index (χ2v) is 8.66. The van der Waals surface area contributed by atoms with Gasteiger partial charge in [0.1, 0.15) is 0 Å². The van der Waals surface area contributed by atoms with Crippen molar-refractivity contribution in [3.8, 4) is 37.0 Å². The van der Waals surface area contributed by atoms with Gasteiger partial charge in [0, 0.05) is 16.7 Å². The minimum atomic E-state index is -4.00. The largest absolute Gasteiger partial charge is 0.343 e. The van der Waals surface area contributed by atoms with Gasteiger partial charge in [-0.25, -0.2) is 0 Å². The molecule has 0 radical (unpaired) electrons. The zero-order valence-electron chi connectivity index (χ0n) is 14.0. The summed E-state index contributed by atoms with van der Waals surface area (Å²) in [5.74, 6) is 7.82. The molecule has 0 N–H and O–H groups in total. The lowest BCUT2D eigenvalue weighted by molar-refractivity contribution is 0.841. The number of hydrogen-bond donors (Lipinski definition) is 0. The van der Waals surface area contributed by atoms with Gasteiger partial charge < -0.3 is 0 Å². The normalized spacial score (nSPS) is 10.4. The van der Waals surface area contributed by atoms with Crippen LogP contribution < -0.4 is 15.6 Å². The fourth-order valence-corrected chi connectivity index (χ4v) is 6.59. The van der Waals surface area contributed by atoms with Gasteiger partial charge in [-0.05, 0) is 33.8 Å². The van der Waals surface area contributed by atoms with E-state index in [0.29, 0.717) is 32.3 Å². The summed E-state index contributed by atoms with van der Waals surface area (Å²) in [6, 6.07) is 21.2. The molecule has 3 rings (SSSR count). The van der Waals surface area contributed by atoms with Crippen LogP contribution in [0, 0.1) is 37.0 Å². The second kappa shape index (κ2) is 7.16. The Morgan fingerprint density at radius 3 is 1.08 bits per heavy atom. The molecule has 0 heterocycles. The van der Waals surface area contributed by atoms with Crippen LogP contribution in [0.1, 0.15) is 16.7 Å². The van der Waals surface area contributed by atoms with E-state index in [-0.39, 0.29) is 0 Å². The first-order valence-electron chi connectivity index (χ1n) is 8.04. The van der Waals surface area contributed by atoms with Crippen molar-refractivity contribution in [3.63, 3.8) is 0 Å². The molecule has 0 amide bonds. The summed E-state index contributed by atoms with van der Waals surface area (Å²) in [5.41, 5.74) is 1.54. The molecule has 0 nitrogen and oxygen atoms in total. The van der Waals surface area contributed by atoms with Crippen molar-refractivity contribution in [1.82, 2.24) is 0 Å². The van der Waals surface area contributed by atoms with Crippen LogP contribution in [0.2, 0.25) is 0 Å². The number of rotatable bonds is 3. The third-order valence-corrected chi connectivity index (χ3v) is 7.90. The average molecular weight is 350 g/mol. The average Bonchev–Trinajstić information content (AvgIpc) is 2.73. The summed E-state index contributed by atoms with van der Waals surface area (Å²) in [6.07, 6.45) is 17.0. The summed E-state index contributed by atoms with van der Waals surface area (Å²) in [7, 11) is -4.00. The highest BCUT2D eigenvalue weighted by molar-refractivity contribution is 7.07. The lowest BCUT2D eigenvalue weighted by Crippen LogP contribution is -2.66.